The summed E-state index contributed by atoms with van der Waals surface area (Å²) >= 11 is 5.88. The van der Waals surface area contributed by atoms with Crippen LogP contribution in [0.2, 0.25) is 5.02 Å². The van der Waals surface area contributed by atoms with Gasteiger partial charge in [-0.2, -0.15) is 0 Å². The third-order valence-electron chi connectivity index (χ3n) is 4.49. The molecule has 0 aromatic heterocycles. The van der Waals surface area contributed by atoms with E-state index in [-0.39, 0.29) is 6.03 Å². The molecule has 0 unspecified atom stereocenters. The van der Waals surface area contributed by atoms with Gasteiger partial charge < -0.3 is 10.6 Å². The molecule has 0 heterocycles. The van der Waals surface area contributed by atoms with Gasteiger partial charge in [0.25, 0.3) is 0 Å². The predicted molar refractivity (Wildman–Crippen MR) is 77.4 cm³/mol. The molecule has 19 heavy (non-hydrogen) atoms. The standard InChI is InChI=1S/C15H19ClN2O/c16-13-2-1-3-14(8-13)18-15(19)17-9-12-7-10-4-5-11(12)6-10/h1-3,8,10-12H,4-7,9H2,(H2,17,18,19)/t10-,11-,12-/m1/s1. The second kappa shape index (κ2) is 5.41. The summed E-state index contributed by atoms with van der Waals surface area (Å²) in [7, 11) is 0. The van der Waals surface area contributed by atoms with E-state index >= 15 is 0 Å². The Labute approximate surface area is 118 Å². The van der Waals surface area contributed by atoms with Crippen LogP contribution in [0.15, 0.2) is 24.3 Å². The van der Waals surface area contributed by atoms with Crippen LogP contribution in [0.1, 0.15) is 25.7 Å². The van der Waals surface area contributed by atoms with Crippen LogP contribution in [-0.4, -0.2) is 12.6 Å². The largest absolute Gasteiger partial charge is 0.338 e. The lowest BCUT2D eigenvalue weighted by Gasteiger charge is -2.21. The molecule has 3 rings (SSSR count). The van der Waals surface area contributed by atoms with Crippen molar-refractivity contribution >= 4 is 23.3 Å². The van der Waals surface area contributed by atoms with Crippen LogP contribution in [-0.2, 0) is 0 Å². The Balaban J connectivity index is 1.47. The lowest BCUT2D eigenvalue weighted by molar-refractivity contribution is 0.245. The third kappa shape index (κ3) is 3.03. The summed E-state index contributed by atoms with van der Waals surface area (Å²) in [5.41, 5.74) is 0.734. The van der Waals surface area contributed by atoms with Gasteiger partial charge in [0.1, 0.15) is 0 Å². The van der Waals surface area contributed by atoms with Crippen molar-refractivity contribution in [3.8, 4) is 0 Å². The quantitative estimate of drug-likeness (QED) is 0.865. The van der Waals surface area contributed by atoms with Crippen molar-refractivity contribution in [2.75, 3.05) is 11.9 Å². The number of rotatable bonds is 3. The maximum Gasteiger partial charge on any atom is 0.319 e. The maximum absolute atomic E-state index is 11.8. The van der Waals surface area contributed by atoms with E-state index in [0.29, 0.717) is 10.9 Å². The smallest absolute Gasteiger partial charge is 0.319 e. The Bertz CT molecular complexity index is 477. The Morgan fingerprint density at radius 1 is 1.32 bits per heavy atom. The second-order valence-corrected chi connectivity index (χ2v) is 6.22. The predicted octanol–water partition coefficient (Wildman–Crippen LogP) is 3.90. The minimum atomic E-state index is -0.134. The monoisotopic (exact) mass is 278 g/mol. The Morgan fingerprint density at radius 2 is 2.21 bits per heavy atom. The van der Waals surface area contributed by atoms with E-state index in [1.165, 1.54) is 25.7 Å². The van der Waals surface area contributed by atoms with Gasteiger partial charge in [0.05, 0.1) is 0 Å². The molecule has 0 saturated heterocycles. The van der Waals surface area contributed by atoms with E-state index in [2.05, 4.69) is 10.6 Å². The number of fused-ring (bicyclic) bond motifs is 2. The first kappa shape index (κ1) is 12.8. The molecule has 0 aliphatic heterocycles. The molecule has 3 nitrogen and oxygen atoms in total. The fourth-order valence-corrected chi connectivity index (χ4v) is 3.78. The highest BCUT2D eigenvalue weighted by atomic mass is 35.5. The van der Waals surface area contributed by atoms with Crippen LogP contribution in [0.4, 0.5) is 10.5 Å². The first-order chi connectivity index (χ1) is 9.20. The fraction of sp³-hybridized carbons (Fsp3) is 0.533. The number of hydrogen-bond acceptors (Lipinski definition) is 1. The molecule has 4 heteroatoms. The first-order valence-corrected chi connectivity index (χ1v) is 7.39. The van der Waals surface area contributed by atoms with E-state index in [1.54, 1.807) is 12.1 Å². The van der Waals surface area contributed by atoms with E-state index in [9.17, 15) is 4.79 Å². The van der Waals surface area contributed by atoms with Gasteiger partial charge in [-0.1, -0.05) is 24.1 Å². The molecule has 2 N–H and O–H groups in total. The number of urea groups is 1. The van der Waals surface area contributed by atoms with Crippen LogP contribution in [0.3, 0.4) is 0 Å². The van der Waals surface area contributed by atoms with E-state index in [1.807, 2.05) is 12.1 Å². The molecule has 1 aromatic rings. The second-order valence-electron chi connectivity index (χ2n) is 5.78. The Hall–Kier alpha value is -1.22. The van der Waals surface area contributed by atoms with Gasteiger partial charge in [0, 0.05) is 17.3 Å². The molecule has 3 atom stereocenters. The molecule has 102 valence electrons. The summed E-state index contributed by atoms with van der Waals surface area (Å²) in [6, 6.07) is 7.07. The molecule has 2 aliphatic rings. The lowest BCUT2D eigenvalue weighted by atomic mass is 9.89. The van der Waals surface area contributed by atoms with Crippen LogP contribution in [0, 0.1) is 17.8 Å². The summed E-state index contributed by atoms with van der Waals surface area (Å²) < 4.78 is 0. The Kier molecular flexibility index (Phi) is 3.65. The van der Waals surface area contributed by atoms with Crippen LogP contribution in [0.5, 0.6) is 0 Å². The van der Waals surface area contributed by atoms with Gasteiger partial charge in [-0.05, 0) is 55.2 Å². The van der Waals surface area contributed by atoms with Crippen LogP contribution >= 0.6 is 11.6 Å². The summed E-state index contributed by atoms with van der Waals surface area (Å²) in [4.78, 5) is 11.8. The van der Waals surface area contributed by atoms with Crippen molar-refractivity contribution in [2.24, 2.45) is 17.8 Å². The average molecular weight is 279 g/mol. The Morgan fingerprint density at radius 3 is 2.89 bits per heavy atom. The maximum atomic E-state index is 11.8. The van der Waals surface area contributed by atoms with Gasteiger partial charge in [-0.15, -0.1) is 0 Å². The molecule has 1 aromatic carbocycles. The number of anilines is 1. The van der Waals surface area contributed by atoms with Crippen molar-refractivity contribution in [1.82, 2.24) is 5.32 Å². The summed E-state index contributed by atoms with van der Waals surface area (Å²) in [6.07, 6.45) is 5.42. The van der Waals surface area contributed by atoms with Crippen molar-refractivity contribution < 1.29 is 4.79 Å². The third-order valence-corrected chi connectivity index (χ3v) is 4.73. The number of halogens is 1. The van der Waals surface area contributed by atoms with Gasteiger partial charge in [0.15, 0.2) is 0 Å². The highest BCUT2D eigenvalue weighted by molar-refractivity contribution is 6.30. The summed E-state index contributed by atoms with van der Waals surface area (Å²) in [6.45, 7) is 0.799. The van der Waals surface area contributed by atoms with Crippen LogP contribution < -0.4 is 10.6 Å². The highest BCUT2D eigenvalue weighted by Crippen LogP contribution is 2.47. The van der Waals surface area contributed by atoms with Gasteiger partial charge in [-0.25, -0.2) is 4.79 Å². The SMILES string of the molecule is O=C(NC[C@H]1C[C@@H]2CC[C@@H]1C2)Nc1cccc(Cl)c1. The number of hydrogen-bond donors (Lipinski definition) is 2. The minimum Gasteiger partial charge on any atom is -0.338 e. The fourth-order valence-electron chi connectivity index (χ4n) is 3.59. The molecule has 0 spiro atoms. The molecule has 0 radical (unpaired) electrons. The number of carbonyl (C=O) groups excluding carboxylic acids is 1. The van der Waals surface area contributed by atoms with Crippen molar-refractivity contribution in [3.05, 3.63) is 29.3 Å². The zero-order valence-electron chi connectivity index (χ0n) is 10.9. The normalized spacial score (nSPS) is 28.4. The minimum absolute atomic E-state index is 0.134. The van der Waals surface area contributed by atoms with Crippen molar-refractivity contribution in [3.63, 3.8) is 0 Å². The summed E-state index contributed by atoms with van der Waals surface area (Å²) in [5.74, 6) is 2.45. The molecule has 2 saturated carbocycles. The molecule has 2 aliphatic carbocycles. The van der Waals surface area contributed by atoms with Gasteiger partial charge in [-0.3, -0.25) is 0 Å². The molecule has 2 bridgehead atoms. The molecule has 2 fully saturated rings. The number of benzene rings is 1. The van der Waals surface area contributed by atoms with Crippen molar-refractivity contribution in [1.29, 1.82) is 0 Å². The van der Waals surface area contributed by atoms with E-state index in [0.717, 1.165) is 24.1 Å². The number of amides is 2. The van der Waals surface area contributed by atoms with E-state index < -0.39 is 0 Å². The lowest BCUT2D eigenvalue weighted by Crippen LogP contribution is -2.34. The number of carbonyl (C=O) groups is 1. The van der Waals surface area contributed by atoms with Crippen molar-refractivity contribution in [2.45, 2.75) is 25.7 Å². The zero-order chi connectivity index (χ0) is 13.2. The van der Waals surface area contributed by atoms with Gasteiger partial charge >= 0.3 is 6.03 Å². The molecule has 2 amide bonds. The highest BCUT2D eigenvalue weighted by Gasteiger charge is 2.39. The van der Waals surface area contributed by atoms with Crippen LogP contribution in [0.25, 0.3) is 0 Å². The summed E-state index contributed by atoms with van der Waals surface area (Å²) in [5, 5.41) is 6.43. The molecular weight excluding hydrogens is 260 g/mol. The average Bonchev–Trinajstić information content (AvgIpc) is 2.98. The van der Waals surface area contributed by atoms with Gasteiger partial charge in [0.2, 0.25) is 0 Å². The zero-order valence-corrected chi connectivity index (χ0v) is 11.6. The topological polar surface area (TPSA) is 41.1 Å². The van der Waals surface area contributed by atoms with E-state index in [4.69, 9.17) is 11.6 Å². The molecular formula is C15H19ClN2O. The number of nitrogens with one attached hydrogen (secondary N) is 2. The first-order valence-electron chi connectivity index (χ1n) is 7.01.